The third kappa shape index (κ3) is 2.31. The van der Waals surface area contributed by atoms with Crippen LogP contribution in [0.2, 0.25) is 0 Å². The minimum absolute atomic E-state index is 0.0918. The minimum Gasteiger partial charge on any atom is -0.369 e. The summed E-state index contributed by atoms with van der Waals surface area (Å²) in [6.07, 6.45) is 3.58. The maximum Gasteiger partial charge on any atom is 0.249 e. The third-order valence-corrected chi connectivity index (χ3v) is 7.19. The van der Waals surface area contributed by atoms with Crippen molar-refractivity contribution in [2.45, 2.75) is 37.5 Å². The number of nitrogens with zero attached hydrogens (tertiary/aromatic N) is 4. The summed E-state index contributed by atoms with van der Waals surface area (Å²) in [4.78, 5) is 12.7. The number of nitrogens with one attached hydrogen (secondary N) is 2. The number of primary amides is 1. The summed E-state index contributed by atoms with van der Waals surface area (Å²) in [6.45, 7) is 3.02. The van der Waals surface area contributed by atoms with Gasteiger partial charge in [-0.2, -0.15) is 0 Å². The van der Waals surface area contributed by atoms with Gasteiger partial charge in [-0.3, -0.25) is 15.1 Å². The van der Waals surface area contributed by atoms with Gasteiger partial charge in [0.15, 0.2) is 5.16 Å². The number of nitrogens with two attached hydrogens (primary N) is 1. The second-order valence-electron chi connectivity index (χ2n) is 6.76. The highest BCUT2D eigenvalue weighted by Crippen LogP contribution is 2.48. The minimum atomic E-state index is -0.350. The first kappa shape index (κ1) is 15.6. The van der Waals surface area contributed by atoms with E-state index in [1.807, 2.05) is 11.3 Å². The molecule has 4 N–H and O–H groups in total. The number of anilines is 1. The van der Waals surface area contributed by atoms with Crippen molar-refractivity contribution in [1.82, 2.24) is 25.5 Å². The van der Waals surface area contributed by atoms with E-state index in [-0.39, 0.29) is 17.8 Å². The molecule has 4 heterocycles. The number of hydrazine groups is 1. The number of hydrogen-bond donors (Lipinski definition) is 3. The molecule has 0 radical (unpaired) electrons. The first-order chi connectivity index (χ1) is 12.1. The summed E-state index contributed by atoms with van der Waals surface area (Å²) in [7, 11) is 0. The molecule has 0 bridgehead atoms. The van der Waals surface area contributed by atoms with Crippen LogP contribution in [0.1, 0.15) is 35.5 Å². The first-order valence-electron chi connectivity index (χ1n) is 8.41. The molecule has 1 fully saturated rings. The second kappa shape index (κ2) is 5.70. The van der Waals surface area contributed by atoms with Crippen molar-refractivity contribution in [2.75, 3.05) is 17.4 Å². The van der Waals surface area contributed by atoms with Gasteiger partial charge in [0, 0.05) is 10.4 Å². The highest BCUT2D eigenvalue weighted by molar-refractivity contribution is 7.99. The fraction of sp³-hybridized carbons (Fsp3) is 0.533. The van der Waals surface area contributed by atoms with Gasteiger partial charge in [-0.1, -0.05) is 18.7 Å². The average Bonchev–Trinajstić information content (AvgIpc) is 3.27. The van der Waals surface area contributed by atoms with Gasteiger partial charge < -0.3 is 5.73 Å². The average molecular weight is 377 g/mol. The van der Waals surface area contributed by atoms with Gasteiger partial charge in [0.1, 0.15) is 11.2 Å². The van der Waals surface area contributed by atoms with Crippen LogP contribution in [0.4, 0.5) is 5.95 Å². The van der Waals surface area contributed by atoms with E-state index in [1.165, 1.54) is 39.2 Å². The summed E-state index contributed by atoms with van der Waals surface area (Å²) in [5, 5.41) is 16.2. The molecular formula is C15H19N7OS2. The molecule has 1 saturated heterocycles. The van der Waals surface area contributed by atoms with Crippen LogP contribution >= 0.6 is 23.1 Å². The summed E-state index contributed by atoms with van der Waals surface area (Å²) < 4.78 is 2.08. The number of carbonyl (C=O) groups is 1. The molecule has 5 rings (SSSR count). The molecule has 0 saturated carbocycles. The predicted octanol–water partition coefficient (Wildman–Crippen LogP) is 0.915. The predicted molar refractivity (Wildman–Crippen MR) is 96.7 cm³/mol. The third-order valence-electron chi connectivity index (χ3n) is 4.99. The topological polar surface area (TPSA) is 101 Å². The molecule has 10 heteroatoms. The largest absolute Gasteiger partial charge is 0.369 e. The van der Waals surface area contributed by atoms with Gasteiger partial charge in [0.25, 0.3) is 0 Å². The Labute approximate surface area is 153 Å². The van der Waals surface area contributed by atoms with Crippen LogP contribution in [0, 0.1) is 5.92 Å². The maximum atomic E-state index is 11.2. The quantitative estimate of drug-likeness (QED) is 0.684. The number of thioether (sulfide) groups is 1. The Balaban J connectivity index is 1.67. The molecule has 1 unspecified atom stereocenters. The zero-order valence-corrected chi connectivity index (χ0v) is 15.4. The van der Waals surface area contributed by atoms with Gasteiger partial charge in [0.05, 0.1) is 12.4 Å². The normalized spacial score (nSPS) is 23.8. The van der Waals surface area contributed by atoms with Crippen molar-refractivity contribution < 1.29 is 4.79 Å². The van der Waals surface area contributed by atoms with E-state index >= 15 is 0 Å². The van der Waals surface area contributed by atoms with E-state index in [4.69, 9.17) is 5.73 Å². The molecule has 8 nitrogen and oxygen atoms in total. The fourth-order valence-electron chi connectivity index (χ4n) is 3.86. The number of hydrogen-bond acceptors (Lipinski definition) is 8. The van der Waals surface area contributed by atoms with E-state index < -0.39 is 0 Å². The van der Waals surface area contributed by atoms with Crippen molar-refractivity contribution in [3.05, 3.63) is 16.0 Å². The standard InChI is InChI=1S/C15H19N7OS2/c1-7-2-3-8-9(4-7)25-13-11(8)12-17-6-18-22(12)14-19-20-15(21(13)14)24-5-10(16)23/h7,12,17-18H,2-6H2,1H3,(H2,16,23)/t7-,12?/m0/s1. The Morgan fingerprint density at radius 2 is 2.36 bits per heavy atom. The molecule has 0 aromatic carbocycles. The van der Waals surface area contributed by atoms with E-state index in [1.54, 1.807) is 0 Å². The van der Waals surface area contributed by atoms with Crippen LogP contribution in [0.5, 0.6) is 0 Å². The van der Waals surface area contributed by atoms with E-state index in [0.29, 0.717) is 11.8 Å². The van der Waals surface area contributed by atoms with E-state index in [9.17, 15) is 4.79 Å². The Morgan fingerprint density at radius 3 is 3.20 bits per heavy atom. The molecular weight excluding hydrogens is 358 g/mol. The van der Waals surface area contributed by atoms with E-state index in [2.05, 4.69) is 37.4 Å². The van der Waals surface area contributed by atoms with Gasteiger partial charge in [-0.15, -0.1) is 21.5 Å². The Bertz CT molecular complexity index is 860. The molecule has 1 amide bonds. The maximum absolute atomic E-state index is 11.2. The Hall–Kier alpha value is -1.62. The molecule has 3 aliphatic rings. The second-order valence-corrected chi connectivity index (χ2v) is 8.78. The number of carbonyl (C=O) groups excluding carboxylic acids is 1. The van der Waals surface area contributed by atoms with Crippen molar-refractivity contribution in [1.29, 1.82) is 0 Å². The summed E-state index contributed by atoms with van der Waals surface area (Å²) in [6, 6.07) is 0. The van der Waals surface area contributed by atoms with Crippen LogP contribution < -0.4 is 21.5 Å². The van der Waals surface area contributed by atoms with Gasteiger partial charge >= 0.3 is 0 Å². The summed E-state index contributed by atoms with van der Waals surface area (Å²) in [5.74, 6) is 1.34. The molecule has 0 spiro atoms. The summed E-state index contributed by atoms with van der Waals surface area (Å²) >= 11 is 3.19. The highest BCUT2D eigenvalue weighted by atomic mass is 32.2. The lowest BCUT2D eigenvalue weighted by molar-refractivity contribution is -0.115. The number of thiophene rings is 1. The lowest BCUT2D eigenvalue weighted by Gasteiger charge is -2.31. The van der Waals surface area contributed by atoms with Gasteiger partial charge in [-0.05, 0) is 30.7 Å². The number of amides is 1. The smallest absolute Gasteiger partial charge is 0.249 e. The monoisotopic (exact) mass is 377 g/mol. The van der Waals surface area contributed by atoms with Crippen molar-refractivity contribution in [3.8, 4) is 5.00 Å². The first-order valence-corrected chi connectivity index (χ1v) is 10.2. The summed E-state index contributed by atoms with van der Waals surface area (Å²) in [5.41, 5.74) is 11.5. The Morgan fingerprint density at radius 1 is 1.48 bits per heavy atom. The molecule has 2 aromatic rings. The SMILES string of the molecule is C[C@H]1CCc2c(sc3c2C2NCNN2c2nnc(SCC(N)=O)n2-3)C1. The molecule has 25 heavy (non-hydrogen) atoms. The van der Waals surface area contributed by atoms with Gasteiger partial charge in [-0.25, -0.2) is 9.99 Å². The lowest BCUT2D eigenvalue weighted by Crippen LogP contribution is -2.39. The zero-order valence-electron chi connectivity index (χ0n) is 13.8. The number of aromatic nitrogens is 3. The van der Waals surface area contributed by atoms with Crippen LogP contribution in [-0.4, -0.2) is 33.1 Å². The zero-order chi connectivity index (χ0) is 17.1. The van der Waals surface area contributed by atoms with Crippen LogP contribution in [0.25, 0.3) is 5.00 Å². The van der Waals surface area contributed by atoms with Gasteiger partial charge in [0.2, 0.25) is 11.9 Å². The van der Waals surface area contributed by atoms with Crippen molar-refractivity contribution in [2.24, 2.45) is 11.7 Å². The van der Waals surface area contributed by atoms with Crippen LogP contribution in [0.15, 0.2) is 5.16 Å². The molecule has 1 aliphatic carbocycles. The number of fused-ring (bicyclic) bond motifs is 8. The molecule has 2 aromatic heterocycles. The molecule has 2 atom stereocenters. The van der Waals surface area contributed by atoms with E-state index in [0.717, 1.165) is 24.7 Å². The van der Waals surface area contributed by atoms with Crippen molar-refractivity contribution >= 4 is 35.0 Å². The lowest BCUT2D eigenvalue weighted by atomic mass is 9.87. The molecule has 2 aliphatic heterocycles. The Kier molecular flexibility index (Phi) is 3.56. The van der Waals surface area contributed by atoms with Crippen LogP contribution in [-0.2, 0) is 17.6 Å². The van der Waals surface area contributed by atoms with Crippen LogP contribution in [0.3, 0.4) is 0 Å². The number of rotatable bonds is 3. The van der Waals surface area contributed by atoms with Crippen molar-refractivity contribution in [3.63, 3.8) is 0 Å². The molecule has 132 valence electrons. The fourth-order valence-corrected chi connectivity index (χ4v) is 6.13. The highest BCUT2D eigenvalue weighted by Gasteiger charge is 2.42.